The summed E-state index contributed by atoms with van der Waals surface area (Å²) in [6, 6.07) is 5.03. The predicted molar refractivity (Wildman–Crippen MR) is 65.1 cm³/mol. The van der Waals surface area contributed by atoms with Crippen molar-refractivity contribution in [1.82, 2.24) is 10.2 Å². The van der Waals surface area contributed by atoms with Gasteiger partial charge in [0.25, 0.3) is 0 Å². The molecule has 4 nitrogen and oxygen atoms in total. The van der Waals surface area contributed by atoms with Crippen molar-refractivity contribution in [2.75, 3.05) is 0 Å². The highest BCUT2D eigenvalue weighted by molar-refractivity contribution is 5.86. The average Bonchev–Trinajstić information content (AvgIpc) is 2.77. The number of nitrogens with zero attached hydrogens (tertiary/aromatic N) is 1. The number of carboxylic acids is 1. The smallest absolute Gasteiger partial charge is 0.353 e. The minimum Gasteiger partial charge on any atom is -0.477 e. The molecule has 2 rings (SSSR count). The molecule has 2 N–H and O–H groups in total. The minimum absolute atomic E-state index is 0.0620. The fourth-order valence-corrected chi connectivity index (χ4v) is 1.66. The topological polar surface area (TPSA) is 66.0 Å². The molecule has 0 aliphatic rings. The van der Waals surface area contributed by atoms with Gasteiger partial charge in [0.05, 0.1) is 5.69 Å². The van der Waals surface area contributed by atoms with Crippen molar-refractivity contribution in [3.63, 3.8) is 0 Å². The molecule has 2 aromatic rings. The van der Waals surface area contributed by atoms with E-state index in [9.17, 15) is 13.6 Å². The van der Waals surface area contributed by atoms with E-state index in [1.165, 1.54) is 32.0 Å². The molecule has 0 saturated carbocycles. The van der Waals surface area contributed by atoms with Crippen LogP contribution < -0.4 is 0 Å². The van der Waals surface area contributed by atoms with E-state index in [4.69, 9.17) is 5.11 Å². The second kappa shape index (κ2) is 4.46. The molecule has 0 fully saturated rings. The van der Waals surface area contributed by atoms with E-state index in [2.05, 4.69) is 10.2 Å². The number of alkyl halides is 1. The average molecular weight is 266 g/mol. The van der Waals surface area contributed by atoms with Crippen LogP contribution in [0.3, 0.4) is 0 Å². The van der Waals surface area contributed by atoms with Crippen LogP contribution in [-0.4, -0.2) is 21.3 Å². The summed E-state index contributed by atoms with van der Waals surface area (Å²) in [5.41, 5.74) is -1.29. The van der Waals surface area contributed by atoms with Gasteiger partial charge in [-0.25, -0.2) is 13.6 Å². The molecule has 0 radical (unpaired) electrons. The van der Waals surface area contributed by atoms with Gasteiger partial charge in [0, 0.05) is 5.56 Å². The number of carbonyl (C=O) groups is 1. The Morgan fingerprint density at radius 3 is 2.58 bits per heavy atom. The van der Waals surface area contributed by atoms with Crippen LogP contribution in [0.15, 0.2) is 24.3 Å². The van der Waals surface area contributed by atoms with Crippen molar-refractivity contribution in [2.24, 2.45) is 0 Å². The molecule has 6 heteroatoms. The maximum absolute atomic E-state index is 13.8. The SMILES string of the molecule is CC(C)(F)c1ccc(F)c(-c2cc(C(=O)O)[nH]n2)c1. The van der Waals surface area contributed by atoms with Gasteiger partial charge in [-0.1, -0.05) is 6.07 Å². The molecule has 1 aromatic heterocycles. The normalized spacial score (nSPS) is 11.6. The number of hydrogen-bond donors (Lipinski definition) is 2. The summed E-state index contributed by atoms with van der Waals surface area (Å²) in [6.45, 7) is 2.72. The standard InChI is InChI=1S/C13H12F2N2O2/c1-13(2,15)7-3-4-9(14)8(5-7)10-6-11(12(18)19)17-16-10/h3-6H,1-2H3,(H,16,17)(H,18,19). The largest absolute Gasteiger partial charge is 0.477 e. The molecule has 0 aliphatic heterocycles. The van der Waals surface area contributed by atoms with Crippen molar-refractivity contribution in [1.29, 1.82) is 0 Å². The van der Waals surface area contributed by atoms with Crippen molar-refractivity contribution in [2.45, 2.75) is 19.5 Å². The summed E-state index contributed by atoms with van der Waals surface area (Å²) in [5, 5.41) is 14.8. The van der Waals surface area contributed by atoms with E-state index in [0.29, 0.717) is 5.56 Å². The van der Waals surface area contributed by atoms with Gasteiger partial charge in [0.15, 0.2) is 0 Å². The van der Waals surface area contributed by atoms with Gasteiger partial charge in [-0.05, 0) is 37.6 Å². The first-order valence-corrected chi connectivity index (χ1v) is 5.57. The highest BCUT2D eigenvalue weighted by Crippen LogP contribution is 2.30. The summed E-state index contributed by atoms with van der Waals surface area (Å²) < 4.78 is 27.6. The summed E-state index contributed by atoms with van der Waals surface area (Å²) in [7, 11) is 0. The van der Waals surface area contributed by atoms with Gasteiger partial charge in [0.2, 0.25) is 0 Å². The zero-order valence-electron chi connectivity index (χ0n) is 10.4. The predicted octanol–water partition coefficient (Wildman–Crippen LogP) is 3.12. The van der Waals surface area contributed by atoms with Crippen LogP contribution in [0.2, 0.25) is 0 Å². The number of aromatic carboxylic acids is 1. The molecular formula is C13H12F2N2O2. The van der Waals surface area contributed by atoms with E-state index in [-0.39, 0.29) is 17.0 Å². The summed E-state index contributed by atoms with van der Waals surface area (Å²) >= 11 is 0. The second-order valence-electron chi connectivity index (χ2n) is 4.64. The molecule has 0 spiro atoms. The first-order valence-electron chi connectivity index (χ1n) is 5.57. The summed E-state index contributed by atoms with van der Waals surface area (Å²) in [4.78, 5) is 10.7. The molecule has 0 amide bonds. The molecule has 0 unspecified atom stereocenters. The van der Waals surface area contributed by atoms with E-state index in [0.717, 1.165) is 6.07 Å². The number of halogens is 2. The van der Waals surface area contributed by atoms with Crippen molar-refractivity contribution in [3.05, 3.63) is 41.3 Å². The Labute approximate surface area is 108 Å². The van der Waals surface area contributed by atoms with Crippen LogP contribution in [0.1, 0.15) is 29.9 Å². The minimum atomic E-state index is -1.62. The zero-order valence-corrected chi connectivity index (χ0v) is 10.4. The molecule has 100 valence electrons. The lowest BCUT2D eigenvalue weighted by atomic mass is 9.97. The molecule has 1 heterocycles. The van der Waals surface area contributed by atoms with Crippen molar-refractivity contribution >= 4 is 5.97 Å². The number of aromatic nitrogens is 2. The van der Waals surface area contributed by atoms with Gasteiger partial charge < -0.3 is 5.11 Å². The maximum atomic E-state index is 13.8. The first-order chi connectivity index (χ1) is 8.79. The van der Waals surface area contributed by atoms with Crippen LogP contribution in [-0.2, 0) is 5.67 Å². The zero-order chi connectivity index (χ0) is 14.2. The quantitative estimate of drug-likeness (QED) is 0.897. The van der Waals surface area contributed by atoms with Crippen LogP contribution >= 0.6 is 0 Å². The van der Waals surface area contributed by atoms with E-state index < -0.39 is 17.5 Å². The van der Waals surface area contributed by atoms with Crippen LogP contribution in [0.25, 0.3) is 11.3 Å². The first kappa shape index (κ1) is 13.2. The molecule has 0 bridgehead atoms. The Morgan fingerprint density at radius 1 is 1.37 bits per heavy atom. The van der Waals surface area contributed by atoms with Gasteiger partial charge in [-0.3, -0.25) is 5.10 Å². The highest BCUT2D eigenvalue weighted by atomic mass is 19.1. The third-order valence-electron chi connectivity index (χ3n) is 2.74. The highest BCUT2D eigenvalue weighted by Gasteiger charge is 2.21. The van der Waals surface area contributed by atoms with Crippen LogP contribution in [0.4, 0.5) is 8.78 Å². The monoisotopic (exact) mass is 266 g/mol. The Balaban J connectivity index is 2.51. The Hall–Kier alpha value is -2.24. The van der Waals surface area contributed by atoms with Gasteiger partial charge in [-0.2, -0.15) is 5.10 Å². The van der Waals surface area contributed by atoms with Crippen molar-refractivity contribution in [3.8, 4) is 11.3 Å². The Bertz CT molecular complexity index is 630. The van der Waals surface area contributed by atoms with Crippen LogP contribution in [0.5, 0.6) is 0 Å². The maximum Gasteiger partial charge on any atom is 0.353 e. The van der Waals surface area contributed by atoms with E-state index in [1.54, 1.807) is 0 Å². The number of benzene rings is 1. The van der Waals surface area contributed by atoms with Gasteiger partial charge in [0.1, 0.15) is 17.2 Å². The third-order valence-corrected chi connectivity index (χ3v) is 2.74. The molecule has 0 saturated heterocycles. The van der Waals surface area contributed by atoms with E-state index in [1.807, 2.05) is 0 Å². The number of hydrogen-bond acceptors (Lipinski definition) is 2. The number of rotatable bonds is 3. The second-order valence-corrected chi connectivity index (χ2v) is 4.64. The molecular weight excluding hydrogens is 254 g/mol. The lowest BCUT2D eigenvalue weighted by Gasteiger charge is -2.15. The summed E-state index contributed by atoms with van der Waals surface area (Å²) in [5.74, 6) is -1.78. The fraction of sp³-hybridized carbons (Fsp3) is 0.231. The number of aromatic amines is 1. The third kappa shape index (κ3) is 2.62. The molecule has 19 heavy (non-hydrogen) atoms. The lowest BCUT2D eigenvalue weighted by molar-refractivity contribution is 0.0690. The van der Waals surface area contributed by atoms with Gasteiger partial charge >= 0.3 is 5.97 Å². The van der Waals surface area contributed by atoms with E-state index >= 15 is 0 Å². The van der Waals surface area contributed by atoms with Crippen molar-refractivity contribution < 1.29 is 18.7 Å². The lowest BCUT2D eigenvalue weighted by Crippen LogP contribution is -2.09. The van der Waals surface area contributed by atoms with Gasteiger partial charge in [-0.15, -0.1) is 0 Å². The fourth-order valence-electron chi connectivity index (χ4n) is 1.66. The number of nitrogens with one attached hydrogen (secondary N) is 1. The number of carboxylic acid groups (broad SMARTS) is 1. The summed E-state index contributed by atoms with van der Waals surface area (Å²) in [6.07, 6.45) is 0. The number of H-pyrrole nitrogens is 1. The molecule has 1 aromatic carbocycles. The van der Waals surface area contributed by atoms with Crippen LogP contribution in [0, 0.1) is 5.82 Å². The Kier molecular flexibility index (Phi) is 3.09. The Morgan fingerprint density at radius 2 is 2.05 bits per heavy atom. The molecule has 0 atom stereocenters. The molecule has 0 aliphatic carbocycles.